The van der Waals surface area contributed by atoms with Gasteiger partial charge in [0.05, 0.1) is 12.7 Å². The summed E-state index contributed by atoms with van der Waals surface area (Å²) in [4.78, 5) is 13.2. The first-order valence-corrected chi connectivity index (χ1v) is 8.44. The van der Waals surface area contributed by atoms with Crippen molar-refractivity contribution in [3.8, 4) is 5.75 Å². The first-order valence-electron chi connectivity index (χ1n) is 8.44. The molecule has 0 bridgehead atoms. The summed E-state index contributed by atoms with van der Waals surface area (Å²) in [5.41, 5.74) is 2.71. The van der Waals surface area contributed by atoms with Crippen LogP contribution < -0.4 is 15.4 Å². The molecule has 2 N–H and O–H groups in total. The Labute approximate surface area is 155 Å². The second kappa shape index (κ2) is 6.91. The number of hydrogen-bond acceptors (Lipinski definition) is 6. The number of tetrazole rings is 1. The SMILES string of the molecule is COc1ccccc1[C@H]1C(C(=O)Nc2ccccc2)=C(C)Nc2nnnn21. The van der Waals surface area contributed by atoms with Crippen molar-refractivity contribution in [2.45, 2.75) is 13.0 Å². The van der Waals surface area contributed by atoms with E-state index >= 15 is 0 Å². The van der Waals surface area contributed by atoms with Gasteiger partial charge in [0.1, 0.15) is 11.8 Å². The first kappa shape index (κ1) is 16.8. The van der Waals surface area contributed by atoms with Gasteiger partial charge in [-0.15, -0.1) is 0 Å². The highest BCUT2D eigenvalue weighted by Crippen LogP contribution is 2.38. The molecule has 2 aromatic carbocycles. The lowest BCUT2D eigenvalue weighted by Crippen LogP contribution is -2.31. The Morgan fingerprint density at radius 2 is 1.89 bits per heavy atom. The summed E-state index contributed by atoms with van der Waals surface area (Å²) >= 11 is 0. The molecule has 136 valence electrons. The Bertz CT molecular complexity index is 1010. The molecule has 0 saturated heterocycles. The Balaban J connectivity index is 1.81. The fourth-order valence-corrected chi connectivity index (χ4v) is 3.21. The Morgan fingerprint density at radius 1 is 1.15 bits per heavy atom. The number of rotatable bonds is 4. The highest BCUT2D eigenvalue weighted by molar-refractivity contribution is 6.06. The highest BCUT2D eigenvalue weighted by atomic mass is 16.5. The molecule has 0 unspecified atom stereocenters. The summed E-state index contributed by atoms with van der Waals surface area (Å²) < 4.78 is 7.10. The number of nitrogens with one attached hydrogen (secondary N) is 2. The number of fused-ring (bicyclic) bond motifs is 1. The van der Waals surface area contributed by atoms with E-state index in [1.165, 1.54) is 0 Å². The average molecular weight is 362 g/mol. The molecule has 27 heavy (non-hydrogen) atoms. The minimum absolute atomic E-state index is 0.233. The molecule has 3 aromatic rings. The molecule has 0 radical (unpaired) electrons. The zero-order chi connectivity index (χ0) is 18.8. The van der Waals surface area contributed by atoms with Crippen LogP contribution in [0.2, 0.25) is 0 Å². The Morgan fingerprint density at radius 3 is 2.67 bits per heavy atom. The van der Waals surface area contributed by atoms with Gasteiger partial charge in [-0.05, 0) is 35.5 Å². The van der Waals surface area contributed by atoms with Gasteiger partial charge in [-0.2, -0.15) is 4.68 Å². The van der Waals surface area contributed by atoms with Crippen LogP contribution in [0.25, 0.3) is 0 Å². The van der Waals surface area contributed by atoms with E-state index in [1.54, 1.807) is 11.8 Å². The number of carbonyl (C=O) groups is 1. The van der Waals surface area contributed by atoms with Gasteiger partial charge in [0.25, 0.3) is 5.91 Å². The zero-order valence-corrected chi connectivity index (χ0v) is 14.9. The summed E-state index contributed by atoms with van der Waals surface area (Å²) in [6, 6.07) is 16.3. The molecule has 2 heterocycles. The van der Waals surface area contributed by atoms with Crippen molar-refractivity contribution in [1.29, 1.82) is 0 Å². The zero-order valence-electron chi connectivity index (χ0n) is 14.9. The van der Waals surface area contributed by atoms with Crippen LogP contribution in [-0.2, 0) is 4.79 Å². The van der Waals surface area contributed by atoms with Gasteiger partial charge in [-0.3, -0.25) is 4.79 Å². The molecular weight excluding hydrogens is 344 g/mol. The van der Waals surface area contributed by atoms with E-state index < -0.39 is 6.04 Å². The third-order valence-electron chi connectivity index (χ3n) is 4.42. The molecule has 1 amide bonds. The van der Waals surface area contributed by atoms with Crippen LogP contribution in [0.3, 0.4) is 0 Å². The van der Waals surface area contributed by atoms with Crippen molar-refractivity contribution >= 4 is 17.5 Å². The number of amides is 1. The van der Waals surface area contributed by atoms with Gasteiger partial charge in [0.2, 0.25) is 5.95 Å². The van der Waals surface area contributed by atoms with Crippen molar-refractivity contribution < 1.29 is 9.53 Å². The quantitative estimate of drug-likeness (QED) is 0.741. The molecular formula is C19H18N6O2. The number of hydrogen-bond donors (Lipinski definition) is 2. The van der Waals surface area contributed by atoms with E-state index in [0.29, 0.717) is 28.7 Å². The summed E-state index contributed by atoms with van der Waals surface area (Å²) in [5, 5.41) is 17.9. The maximum Gasteiger partial charge on any atom is 0.255 e. The number of nitrogens with zero attached hydrogens (tertiary/aromatic N) is 4. The van der Waals surface area contributed by atoms with Gasteiger partial charge >= 0.3 is 0 Å². The molecule has 0 aliphatic carbocycles. The molecule has 1 aliphatic rings. The number of aromatic nitrogens is 4. The predicted molar refractivity (Wildman–Crippen MR) is 100 cm³/mol. The van der Waals surface area contributed by atoms with Crippen molar-refractivity contribution in [3.05, 3.63) is 71.4 Å². The second-order valence-electron chi connectivity index (χ2n) is 6.08. The molecule has 8 nitrogen and oxygen atoms in total. The molecule has 1 aliphatic heterocycles. The molecule has 4 rings (SSSR count). The number of allylic oxidation sites excluding steroid dienone is 1. The fraction of sp³-hybridized carbons (Fsp3) is 0.158. The van der Waals surface area contributed by atoms with Crippen LogP contribution in [0.5, 0.6) is 5.75 Å². The number of carbonyl (C=O) groups excluding carboxylic acids is 1. The fourth-order valence-electron chi connectivity index (χ4n) is 3.21. The van der Waals surface area contributed by atoms with Crippen LogP contribution in [0.15, 0.2) is 65.9 Å². The Hall–Kier alpha value is -3.68. The summed E-state index contributed by atoms with van der Waals surface area (Å²) in [5.74, 6) is 0.895. The van der Waals surface area contributed by atoms with Gasteiger partial charge < -0.3 is 15.4 Å². The lowest BCUT2D eigenvalue weighted by molar-refractivity contribution is -0.113. The highest BCUT2D eigenvalue weighted by Gasteiger charge is 2.35. The van der Waals surface area contributed by atoms with Crippen molar-refractivity contribution in [2.75, 3.05) is 17.7 Å². The molecule has 1 aromatic heterocycles. The summed E-state index contributed by atoms with van der Waals surface area (Å²) in [6.07, 6.45) is 0. The number of ether oxygens (including phenoxy) is 1. The minimum Gasteiger partial charge on any atom is -0.496 e. The smallest absolute Gasteiger partial charge is 0.255 e. The second-order valence-corrected chi connectivity index (χ2v) is 6.08. The largest absolute Gasteiger partial charge is 0.496 e. The number of methoxy groups -OCH3 is 1. The van der Waals surface area contributed by atoms with Crippen LogP contribution in [-0.4, -0.2) is 33.2 Å². The molecule has 0 saturated carbocycles. The van der Waals surface area contributed by atoms with Crippen molar-refractivity contribution in [3.63, 3.8) is 0 Å². The monoisotopic (exact) mass is 362 g/mol. The maximum atomic E-state index is 13.2. The number of anilines is 2. The van der Waals surface area contributed by atoms with Crippen molar-refractivity contribution in [2.24, 2.45) is 0 Å². The van der Waals surface area contributed by atoms with E-state index in [0.717, 1.165) is 5.56 Å². The average Bonchev–Trinajstić information content (AvgIpc) is 3.15. The van der Waals surface area contributed by atoms with Crippen molar-refractivity contribution in [1.82, 2.24) is 20.2 Å². The number of para-hydroxylation sites is 2. The normalized spacial score (nSPS) is 15.7. The van der Waals surface area contributed by atoms with Crippen LogP contribution in [0, 0.1) is 0 Å². The van der Waals surface area contributed by atoms with E-state index in [2.05, 4.69) is 26.2 Å². The van der Waals surface area contributed by atoms with E-state index in [4.69, 9.17) is 4.74 Å². The summed E-state index contributed by atoms with van der Waals surface area (Å²) in [6.45, 7) is 1.83. The van der Waals surface area contributed by atoms with E-state index in [-0.39, 0.29) is 5.91 Å². The lowest BCUT2D eigenvalue weighted by Gasteiger charge is -2.28. The topological polar surface area (TPSA) is 94.0 Å². The first-order chi connectivity index (χ1) is 13.2. The maximum absolute atomic E-state index is 13.2. The molecule has 0 spiro atoms. The van der Waals surface area contributed by atoms with E-state index in [9.17, 15) is 4.79 Å². The standard InChI is InChI=1S/C19H18N6O2/c1-12-16(18(26)21-13-8-4-3-5-9-13)17(25-19(20-12)22-23-24-25)14-10-6-7-11-15(14)27-2/h3-11,17H,1-2H3,(H,21,26)(H,20,22,24)/t17-/m0/s1. The van der Waals surface area contributed by atoms with Crippen LogP contribution in [0.1, 0.15) is 18.5 Å². The van der Waals surface area contributed by atoms with Crippen LogP contribution >= 0.6 is 0 Å². The van der Waals surface area contributed by atoms with Crippen LogP contribution in [0.4, 0.5) is 11.6 Å². The van der Waals surface area contributed by atoms with Gasteiger partial charge in [-0.1, -0.05) is 41.5 Å². The summed E-state index contributed by atoms with van der Waals surface area (Å²) in [7, 11) is 1.60. The number of benzene rings is 2. The predicted octanol–water partition coefficient (Wildman–Crippen LogP) is 2.61. The lowest BCUT2D eigenvalue weighted by atomic mass is 9.94. The minimum atomic E-state index is -0.517. The third kappa shape index (κ3) is 3.01. The molecule has 0 fully saturated rings. The third-order valence-corrected chi connectivity index (χ3v) is 4.42. The molecule has 1 atom stereocenters. The Kier molecular flexibility index (Phi) is 4.29. The van der Waals surface area contributed by atoms with Gasteiger partial charge in [-0.25, -0.2) is 0 Å². The van der Waals surface area contributed by atoms with Gasteiger partial charge in [0, 0.05) is 16.9 Å². The van der Waals surface area contributed by atoms with E-state index in [1.807, 2.05) is 61.5 Å². The molecule has 8 heteroatoms. The van der Waals surface area contributed by atoms with Gasteiger partial charge in [0.15, 0.2) is 0 Å².